The van der Waals surface area contributed by atoms with Crippen molar-refractivity contribution < 1.29 is 23.5 Å². The predicted octanol–water partition coefficient (Wildman–Crippen LogP) is 4.68. The highest BCUT2D eigenvalue weighted by molar-refractivity contribution is 7.99. The lowest BCUT2D eigenvalue weighted by molar-refractivity contribution is -0.132. The number of ketones is 1. The van der Waals surface area contributed by atoms with Crippen molar-refractivity contribution in [3.05, 3.63) is 54.0 Å². The molecule has 2 atom stereocenters. The summed E-state index contributed by atoms with van der Waals surface area (Å²) < 4.78 is 10.9. The standard InChI is InChI=1S/C27H38N2O5S/c1-5-6-9-23(25(30)18-35-17-22-8-7-14-33-22)29-27(32)24(15-19(2)3)28-26(31)16-34-21-12-10-20(4)11-13-21/h7-8,10-14,19,23-24H,5-6,9,15-18H2,1-4H3,(H,28,31)(H,29,32)/t23-,24-/m0/s1. The number of unbranched alkanes of at least 4 members (excludes halogenated alkanes) is 1. The van der Waals surface area contributed by atoms with E-state index in [0.717, 1.165) is 24.2 Å². The first-order chi connectivity index (χ1) is 16.8. The summed E-state index contributed by atoms with van der Waals surface area (Å²) in [7, 11) is 0. The smallest absolute Gasteiger partial charge is 0.258 e. The number of rotatable bonds is 16. The van der Waals surface area contributed by atoms with Gasteiger partial charge in [0.25, 0.3) is 5.91 Å². The summed E-state index contributed by atoms with van der Waals surface area (Å²) in [6.07, 6.45) is 4.38. The Labute approximate surface area is 212 Å². The number of hydrogen-bond donors (Lipinski definition) is 2. The van der Waals surface area contributed by atoms with Gasteiger partial charge >= 0.3 is 0 Å². The third-order valence-electron chi connectivity index (χ3n) is 5.37. The molecule has 1 heterocycles. The average Bonchev–Trinajstić information content (AvgIpc) is 3.34. The molecule has 0 aliphatic rings. The van der Waals surface area contributed by atoms with Gasteiger partial charge < -0.3 is 19.8 Å². The molecular formula is C27H38N2O5S. The summed E-state index contributed by atoms with van der Waals surface area (Å²) >= 11 is 1.46. The van der Waals surface area contributed by atoms with Crippen LogP contribution in [-0.4, -0.2) is 42.0 Å². The average molecular weight is 503 g/mol. The molecule has 2 N–H and O–H groups in total. The largest absolute Gasteiger partial charge is 0.484 e. The van der Waals surface area contributed by atoms with Gasteiger partial charge in [-0.1, -0.05) is 51.3 Å². The first-order valence-corrected chi connectivity index (χ1v) is 13.4. The Morgan fingerprint density at radius 3 is 2.43 bits per heavy atom. The molecule has 0 saturated carbocycles. The van der Waals surface area contributed by atoms with Gasteiger partial charge in [0.1, 0.15) is 17.6 Å². The molecule has 7 nitrogen and oxygen atoms in total. The Morgan fingerprint density at radius 1 is 1.06 bits per heavy atom. The minimum atomic E-state index is -0.739. The van der Waals surface area contributed by atoms with Crippen LogP contribution in [0.4, 0.5) is 0 Å². The molecule has 35 heavy (non-hydrogen) atoms. The lowest BCUT2D eigenvalue weighted by atomic mass is 10.0. The maximum Gasteiger partial charge on any atom is 0.258 e. The minimum absolute atomic E-state index is 0.0271. The number of thioether (sulfide) groups is 1. The molecule has 2 aromatic rings. The highest BCUT2D eigenvalue weighted by Crippen LogP contribution is 2.15. The Morgan fingerprint density at radius 2 is 1.80 bits per heavy atom. The van der Waals surface area contributed by atoms with E-state index in [-0.39, 0.29) is 35.9 Å². The number of furan rings is 1. The second kappa shape index (κ2) is 15.3. The van der Waals surface area contributed by atoms with Crippen molar-refractivity contribution in [2.75, 3.05) is 12.4 Å². The van der Waals surface area contributed by atoms with Crippen LogP contribution in [-0.2, 0) is 20.1 Å². The van der Waals surface area contributed by atoms with Crippen LogP contribution in [0.2, 0.25) is 0 Å². The van der Waals surface area contributed by atoms with E-state index in [0.29, 0.717) is 24.3 Å². The van der Waals surface area contributed by atoms with E-state index in [4.69, 9.17) is 9.15 Å². The van der Waals surface area contributed by atoms with Crippen molar-refractivity contribution in [2.45, 2.75) is 71.2 Å². The van der Waals surface area contributed by atoms with Crippen LogP contribution in [0.3, 0.4) is 0 Å². The van der Waals surface area contributed by atoms with E-state index in [1.807, 2.05) is 52.0 Å². The molecule has 1 aromatic heterocycles. The van der Waals surface area contributed by atoms with Gasteiger partial charge in [-0.3, -0.25) is 14.4 Å². The van der Waals surface area contributed by atoms with Crippen LogP contribution >= 0.6 is 11.8 Å². The van der Waals surface area contributed by atoms with Crippen LogP contribution in [0.5, 0.6) is 5.75 Å². The van der Waals surface area contributed by atoms with Crippen LogP contribution in [0.25, 0.3) is 0 Å². The first-order valence-electron chi connectivity index (χ1n) is 12.2. The number of carbonyl (C=O) groups excluding carboxylic acids is 3. The number of carbonyl (C=O) groups is 3. The Balaban J connectivity index is 1.93. The maximum absolute atomic E-state index is 13.1. The van der Waals surface area contributed by atoms with Crippen molar-refractivity contribution in [1.29, 1.82) is 0 Å². The van der Waals surface area contributed by atoms with E-state index in [1.54, 1.807) is 18.4 Å². The zero-order valence-corrected chi connectivity index (χ0v) is 22.0. The molecule has 0 aliphatic carbocycles. The van der Waals surface area contributed by atoms with Gasteiger partial charge in [-0.15, -0.1) is 11.8 Å². The van der Waals surface area contributed by atoms with Crippen LogP contribution in [0.1, 0.15) is 57.8 Å². The second-order valence-corrected chi connectivity index (χ2v) is 10.1. The van der Waals surface area contributed by atoms with Crippen molar-refractivity contribution in [3.8, 4) is 5.75 Å². The van der Waals surface area contributed by atoms with E-state index in [9.17, 15) is 14.4 Å². The molecule has 2 rings (SSSR count). The van der Waals surface area contributed by atoms with Crippen molar-refractivity contribution in [2.24, 2.45) is 5.92 Å². The van der Waals surface area contributed by atoms with Gasteiger partial charge in [-0.25, -0.2) is 0 Å². The molecular weight excluding hydrogens is 464 g/mol. The topological polar surface area (TPSA) is 97.6 Å². The van der Waals surface area contributed by atoms with Gasteiger partial charge in [0.05, 0.1) is 23.8 Å². The minimum Gasteiger partial charge on any atom is -0.484 e. The number of Topliss-reactive ketones (excluding diaryl/α,β-unsaturated/α-hetero) is 1. The molecule has 1 aromatic carbocycles. The third-order valence-corrected chi connectivity index (χ3v) is 6.35. The third kappa shape index (κ3) is 11.0. The molecule has 0 radical (unpaired) electrons. The van der Waals surface area contributed by atoms with Crippen LogP contribution in [0, 0.1) is 12.8 Å². The lowest BCUT2D eigenvalue weighted by Crippen LogP contribution is -2.53. The number of hydrogen-bond acceptors (Lipinski definition) is 6. The highest BCUT2D eigenvalue weighted by Gasteiger charge is 2.27. The van der Waals surface area contributed by atoms with Gasteiger partial charge in [0, 0.05) is 0 Å². The fourth-order valence-corrected chi connectivity index (χ4v) is 4.33. The van der Waals surface area contributed by atoms with E-state index < -0.39 is 12.1 Å². The van der Waals surface area contributed by atoms with Crippen molar-refractivity contribution in [1.82, 2.24) is 10.6 Å². The molecule has 0 saturated heterocycles. The molecule has 0 spiro atoms. The zero-order chi connectivity index (χ0) is 25.6. The van der Waals surface area contributed by atoms with E-state index in [1.165, 1.54) is 11.8 Å². The molecule has 8 heteroatoms. The number of nitrogens with one attached hydrogen (secondary N) is 2. The summed E-state index contributed by atoms with van der Waals surface area (Å²) in [5.41, 5.74) is 1.10. The van der Waals surface area contributed by atoms with Crippen molar-refractivity contribution >= 4 is 29.4 Å². The number of aryl methyl sites for hydroxylation is 1. The van der Waals surface area contributed by atoms with Crippen molar-refractivity contribution in [3.63, 3.8) is 0 Å². The molecule has 0 unspecified atom stereocenters. The summed E-state index contributed by atoms with van der Waals surface area (Å²) in [6.45, 7) is 7.81. The number of ether oxygens (including phenoxy) is 1. The van der Waals surface area contributed by atoms with Crippen LogP contribution < -0.4 is 15.4 Å². The van der Waals surface area contributed by atoms with Crippen LogP contribution in [0.15, 0.2) is 47.1 Å². The number of amides is 2. The molecule has 2 amide bonds. The molecule has 0 bridgehead atoms. The summed E-state index contributed by atoms with van der Waals surface area (Å²) in [5, 5.41) is 5.69. The number of benzene rings is 1. The second-order valence-electron chi connectivity index (χ2n) is 9.09. The summed E-state index contributed by atoms with van der Waals surface area (Å²) in [4.78, 5) is 38.5. The van der Waals surface area contributed by atoms with Gasteiger partial charge in [-0.05, 0) is 49.9 Å². The highest BCUT2D eigenvalue weighted by atomic mass is 32.2. The quantitative estimate of drug-likeness (QED) is 0.346. The Kier molecular flexibility index (Phi) is 12.5. The predicted molar refractivity (Wildman–Crippen MR) is 139 cm³/mol. The normalized spacial score (nSPS) is 12.7. The fraction of sp³-hybridized carbons (Fsp3) is 0.519. The monoisotopic (exact) mass is 502 g/mol. The van der Waals surface area contributed by atoms with Gasteiger partial charge in [0.2, 0.25) is 5.91 Å². The Hall–Kier alpha value is -2.74. The molecule has 0 fully saturated rings. The lowest BCUT2D eigenvalue weighted by Gasteiger charge is -2.24. The zero-order valence-electron chi connectivity index (χ0n) is 21.2. The molecule has 192 valence electrons. The Bertz CT molecular complexity index is 912. The van der Waals surface area contributed by atoms with Gasteiger partial charge in [0.15, 0.2) is 12.4 Å². The summed E-state index contributed by atoms with van der Waals surface area (Å²) in [5.74, 6) is 1.71. The van der Waals surface area contributed by atoms with E-state index >= 15 is 0 Å². The maximum atomic E-state index is 13.1. The fourth-order valence-electron chi connectivity index (χ4n) is 3.46. The van der Waals surface area contributed by atoms with Gasteiger partial charge in [-0.2, -0.15) is 0 Å². The SMILES string of the molecule is CCCC[C@H](NC(=O)[C@H](CC(C)C)NC(=O)COc1ccc(C)cc1)C(=O)CSCc1ccco1. The molecule has 0 aliphatic heterocycles. The first kappa shape index (κ1) is 28.5. The van der Waals surface area contributed by atoms with E-state index in [2.05, 4.69) is 10.6 Å². The summed E-state index contributed by atoms with van der Waals surface area (Å²) in [6, 6.07) is 9.78.